The second-order valence-electron chi connectivity index (χ2n) is 23.8. The third-order valence-electron chi connectivity index (χ3n) is 17.4. The summed E-state index contributed by atoms with van der Waals surface area (Å²) in [4.78, 5) is 8.23. The molecule has 340 valence electrons. The van der Waals surface area contributed by atoms with Crippen LogP contribution in [0.25, 0.3) is 90.7 Å². The lowest BCUT2D eigenvalue weighted by molar-refractivity contribution is 0.332. The molecule has 0 amide bonds. The first-order valence-electron chi connectivity index (χ1n) is 25.3. The molecular formula is C64H54BN3S2. The maximum absolute atomic E-state index is 5.49. The zero-order valence-corrected chi connectivity index (χ0v) is 43.1. The normalized spacial score (nSPS) is 16.8. The van der Waals surface area contributed by atoms with Crippen LogP contribution in [0.5, 0.6) is 0 Å². The summed E-state index contributed by atoms with van der Waals surface area (Å²) in [6.45, 7) is 21.6. The highest BCUT2D eigenvalue weighted by atomic mass is 32.1. The van der Waals surface area contributed by atoms with Crippen molar-refractivity contribution in [1.82, 2.24) is 9.55 Å². The van der Waals surface area contributed by atoms with Crippen molar-refractivity contribution < 1.29 is 0 Å². The second kappa shape index (κ2) is 13.5. The van der Waals surface area contributed by atoms with Crippen molar-refractivity contribution in [1.29, 1.82) is 0 Å². The van der Waals surface area contributed by atoms with Crippen molar-refractivity contribution in [2.24, 2.45) is 0 Å². The molecule has 0 unspecified atom stereocenters. The van der Waals surface area contributed by atoms with Crippen molar-refractivity contribution in [2.45, 2.75) is 96.8 Å². The molecule has 8 aromatic carbocycles. The maximum atomic E-state index is 5.49. The molecule has 0 fully saturated rings. The largest absolute Gasteiger partial charge is 0.376 e. The van der Waals surface area contributed by atoms with Gasteiger partial charge in [-0.2, -0.15) is 0 Å². The van der Waals surface area contributed by atoms with Gasteiger partial charge in [0.05, 0.1) is 21.3 Å². The van der Waals surface area contributed by atoms with Crippen LogP contribution in [-0.2, 0) is 21.7 Å². The first-order valence-corrected chi connectivity index (χ1v) is 26.9. The van der Waals surface area contributed by atoms with E-state index in [9.17, 15) is 0 Å². The molecule has 0 radical (unpaired) electrons. The van der Waals surface area contributed by atoms with Gasteiger partial charge in [-0.15, -0.1) is 22.7 Å². The predicted octanol–water partition coefficient (Wildman–Crippen LogP) is 16.6. The Morgan fingerprint density at radius 3 is 2.07 bits per heavy atom. The summed E-state index contributed by atoms with van der Waals surface area (Å²) in [7, 11) is 0. The fourth-order valence-corrected chi connectivity index (χ4v) is 15.8. The van der Waals surface area contributed by atoms with Gasteiger partial charge in [0.2, 0.25) is 0 Å². The zero-order chi connectivity index (χ0) is 47.5. The van der Waals surface area contributed by atoms with Crippen molar-refractivity contribution in [3.63, 3.8) is 0 Å². The maximum Gasteiger partial charge on any atom is 0.333 e. The molecule has 0 saturated carbocycles. The van der Waals surface area contributed by atoms with Crippen LogP contribution in [0.15, 0.2) is 140 Å². The molecule has 0 saturated heterocycles. The summed E-state index contributed by atoms with van der Waals surface area (Å²) in [6.07, 6.45) is 2.34. The Kier molecular flexibility index (Phi) is 7.96. The van der Waals surface area contributed by atoms with Crippen molar-refractivity contribution in [2.75, 3.05) is 4.81 Å². The van der Waals surface area contributed by atoms with Gasteiger partial charge in [0.1, 0.15) is 5.01 Å². The molecule has 70 heavy (non-hydrogen) atoms. The molecule has 4 aliphatic rings. The lowest BCUT2D eigenvalue weighted by atomic mass is 9.43. The predicted molar refractivity (Wildman–Crippen MR) is 303 cm³/mol. The minimum absolute atomic E-state index is 0.0212. The summed E-state index contributed by atoms with van der Waals surface area (Å²) in [5, 5.41) is 6.58. The first-order chi connectivity index (χ1) is 33.6. The molecule has 0 atom stereocenters. The van der Waals surface area contributed by atoms with Gasteiger partial charge < -0.3 is 9.38 Å². The third kappa shape index (κ3) is 5.29. The average molecular weight is 940 g/mol. The number of rotatable bonds is 2. The van der Waals surface area contributed by atoms with Crippen molar-refractivity contribution in [3.05, 3.63) is 167 Å². The van der Waals surface area contributed by atoms with Crippen LogP contribution in [0.1, 0.15) is 103 Å². The Bertz CT molecular complexity index is 4140. The number of benzene rings is 8. The molecule has 6 heteroatoms. The summed E-state index contributed by atoms with van der Waals surface area (Å²) in [6, 6.07) is 54.2. The van der Waals surface area contributed by atoms with E-state index in [0.717, 1.165) is 16.1 Å². The lowest BCUT2D eigenvalue weighted by Crippen LogP contribution is -2.60. The van der Waals surface area contributed by atoms with Crippen molar-refractivity contribution in [3.8, 4) is 38.5 Å². The van der Waals surface area contributed by atoms with Gasteiger partial charge in [-0.3, -0.25) is 0 Å². The van der Waals surface area contributed by atoms with E-state index in [1.807, 2.05) is 22.7 Å². The average Bonchev–Trinajstić information content (AvgIpc) is 4.10. The molecule has 0 bridgehead atoms. The van der Waals surface area contributed by atoms with Gasteiger partial charge in [0.25, 0.3) is 0 Å². The molecular weight excluding hydrogens is 886 g/mol. The first kappa shape index (κ1) is 41.3. The highest BCUT2D eigenvalue weighted by molar-refractivity contribution is 7.27. The van der Waals surface area contributed by atoms with Crippen LogP contribution in [0.2, 0.25) is 0 Å². The van der Waals surface area contributed by atoms with Gasteiger partial charge >= 0.3 is 6.85 Å². The van der Waals surface area contributed by atoms with Crippen LogP contribution >= 0.6 is 22.7 Å². The Hall–Kier alpha value is -6.47. The van der Waals surface area contributed by atoms with Crippen molar-refractivity contribution >= 4 is 104 Å². The van der Waals surface area contributed by atoms with Gasteiger partial charge in [0.15, 0.2) is 0 Å². The fraction of sp³-hybridized carbons (Fsp3) is 0.234. The molecule has 0 spiro atoms. The lowest BCUT2D eigenvalue weighted by Gasteiger charge is -2.43. The molecule has 2 aliphatic heterocycles. The Morgan fingerprint density at radius 2 is 1.30 bits per heavy atom. The standard InChI is InChI=1S/C64H54BN3S2/c1-61(2,3)36-23-25-37(26-24-36)68-50-31-40-38-19-13-15-21-43(38)64(8,9)44(40)29-42(50)56-57-58-54(55-39-20-14-16-22-52(39)69-59(55)56)41-30-45-46(63(6,7)28-27-62(45,4)5)32-49(41)67(58)51-34-53-48(33-47(51)65(57)68)66-60(70-53)35-17-11-10-12-18-35/h10-26,29-34H,27-28H2,1-9H3. The van der Waals surface area contributed by atoms with E-state index < -0.39 is 0 Å². The Morgan fingerprint density at radius 1 is 0.586 bits per heavy atom. The number of hydrogen-bond acceptors (Lipinski definition) is 4. The van der Waals surface area contributed by atoms with E-state index in [2.05, 4.69) is 211 Å². The van der Waals surface area contributed by atoms with E-state index in [0.29, 0.717) is 0 Å². The van der Waals surface area contributed by atoms with Gasteiger partial charge in [-0.25, -0.2) is 4.98 Å². The summed E-state index contributed by atoms with van der Waals surface area (Å²) in [5.41, 5.74) is 23.8. The summed E-state index contributed by atoms with van der Waals surface area (Å²) < 4.78 is 6.69. The van der Waals surface area contributed by atoms with E-state index >= 15 is 0 Å². The van der Waals surface area contributed by atoms with E-state index in [4.69, 9.17) is 4.98 Å². The third-order valence-corrected chi connectivity index (χ3v) is 19.7. The number of nitrogens with zero attached hydrogens (tertiary/aromatic N) is 3. The highest BCUT2D eigenvalue weighted by Gasteiger charge is 2.48. The second-order valence-corrected chi connectivity index (χ2v) is 25.8. The number of aromatic nitrogens is 2. The molecule has 3 nitrogen and oxygen atoms in total. The molecule has 11 aromatic rings. The summed E-state index contributed by atoms with van der Waals surface area (Å²) >= 11 is 3.81. The monoisotopic (exact) mass is 939 g/mol. The highest BCUT2D eigenvalue weighted by Crippen LogP contribution is 2.58. The van der Waals surface area contributed by atoms with E-state index in [1.165, 1.54) is 138 Å². The minimum atomic E-state index is -0.162. The number of thiazole rings is 1. The molecule has 2 aliphatic carbocycles. The smallest absolute Gasteiger partial charge is 0.333 e. The van der Waals surface area contributed by atoms with Crippen LogP contribution in [-0.4, -0.2) is 16.4 Å². The topological polar surface area (TPSA) is 21.1 Å². The number of anilines is 2. The number of thiophene rings is 1. The Balaban J connectivity index is 1.17. The Labute approximate surface area is 418 Å². The molecule has 0 N–H and O–H groups in total. The quantitative estimate of drug-likeness (QED) is 0.161. The SMILES string of the molecule is CC(C)(C)c1ccc(N2B3c4cc5nc(-c6ccccc6)sc5cc4-n4c5cc6c(cc5c5c7c(sc8ccccc87)c(c3c54)-c3cc4c(cc32)-c2ccccc2C4(C)C)C(C)(C)CCC6(C)C)cc1. The van der Waals surface area contributed by atoms with Crippen LogP contribution < -0.4 is 15.7 Å². The molecule has 3 aromatic heterocycles. The summed E-state index contributed by atoms with van der Waals surface area (Å²) in [5.74, 6) is 0. The molecule has 5 heterocycles. The van der Waals surface area contributed by atoms with Crippen LogP contribution in [0.4, 0.5) is 11.4 Å². The number of fused-ring (bicyclic) bond motifs is 18. The zero-order valence-electron chi connectivity index (χ0n) is 41.4. The van der Waals surface area contributed by atoms with Gasteiger partial charge in [0, 0.05) is 70.1 Å². The minimum Gasteiger partial charge on any atom is -0.376 e. The van der Waals surface area contributed by atoms with E-state index in [1.54, 1.807) is 0 Å². The number of hydrogen-bond donors (Lipinski definition) is 0. The van der Waals surface area contributed by atoms with Gasteiger partial charge in [-0.1, -0.05) is 147 Å². The van der Waals surface area contributed by atoms with Crippen LogP contribution in [0, 0.1) is 0 Å². The van der Waals surface area contributed by atoms with E-state index in [-0.39, 0.29) is 28.5 Å². The van der Waals surface area contributed by atoms with Crippen LogP contribution in [0.3, 0.4) is 0 Å². The fourth-order valence-electron chi connectivity index (χ4n) is 13.6. The van der Waals surface area contributed by atoms with Gasteiger partial charge in [-0.05, 0) is 134 Å². The molecule has 15 rings (SSSR count).